The third-order valence-electron chi connectivity index (χ3n) is 3.68. The Morgan fingerprint density at radius 3 is 3.00 bits per heavy atom. The minimum atomic E-state index is -0.193. The van der Waals surface area contributed by atoms with Crippen LogP contribution in [0.15, 0.2) is 12.3 Å². The highest BCUT2D eigenvalue weighted by molar-refractivity contribution is 5.93. The first-order chi connectivity index (χ1) is 9.10. The van der Waals surface area contributed by atoms with E-state index in [1.165, 1.54) is 0 Å². The van der Waals surface area contributed by atoms with Gasteiger partial charge in [-0.1, -0.05) is 6.92 Å². The highest BCUT2D eigenvalue weighted by Crippen LogP contribution is 2.24. The lowest BCUT2D eigenvalue weighted by molar-refractivity contribution is 0.0935. The zero-order valence-electron chi connectivity index (χ0n) is 11.4. The Balaban J connectivity index is 1.92. The molecule has 0 radical (unpaired) electrons. The average Bonchev–Trinajstić information content (AvgIpc) is 2.93. The van der Waals surface area contributed by atoms with Gasteiger partial charge < -0.3 is 20.7 Å². The van der Waals surface area contributed by atoms with E-state index in [0.29, 0.717) is 23.8 Å². The maximum Gasteiger partial charge on any atom is 0.267 e. The summed E-state index contributed by atoms with van der Waals surface area (Å²) in [5.41, 5.74) is 6.99. The Bertz CT molecular complexity index is 442. The van der Waals surface area contributed by atoms with Crippen molar-refractivity contribution in [1.82, 2.24) is 9.88 Å². The number of amides is 1. The van der Waals surface area contributed by atoms with Crippen LogP contribution in [0, 0.1) is 5.92 Å². The molecule has 1 aromatic rings. The zero-order chi connectivity index (χ0) is 13.8. The van der Waals surface area contributed by atoms with Gasteiger partial charge in [0.2, 0.25) is 0 Å². The second-order valence-electron chi connectivity index (χ2n) is 5.39. The van der Waals surface area contributed by atoms with Crippen LogP contribution >= 0.6 is 0 Å². The van der Waals surface area contributed by atoms with Gasteiger partial charge in [-0.05, 0) is 37.7 Å². The summed E-state index contributed by atoms with van der Waals surface area (Å²) >= 11 is 0. The van der Waals surface area contributed by atoms with E-state index >= 15 is 0 Å². The minimum absolute atomic E-state index is 0.0773. The van der Waals surface area contributed by atoms with Crippen molar-refractivity contribution >= 4 is 11.6 Å². The first-order valence-corrected chi connectivity index (χ1v) is 7.02. The number of nitrogens with zero attached hydrogens (tertiary/aromatic N) is 1. The molecule has 106 valence electrons. The summed E-state index contributed by atoms with van der Waals surface area (Å²) in [5, 5.41) is 12.4. The van der Waals surface area contributed by atoms with E-state index in [1.54, 1.807) is 12.3 Å². The van der Waals surface area contributed by atoms with E-state index in [9.17, 15) is 9.90 Å². The van der Waals surface area contributed by atoms with Crippen LogP contribution in [0.1, 0.15) is 43.1 Å². The zero-order valence-corrected chi connectivity index (χ0v) is 11.4. The minimum Gasteiger partial charge on any atom is -0.397 e. The lowest BCUT2D eigenvalue weighted by Gasteiger charge is -2.12. The number of aliphatic hydroxyl groups is 1. The van der Waals surface area contributed by atoms with Gasteiger partial charge in [-0.25, -0.2) is 0 Å². The van der Waals surface area contributed by atoms with Crippen LogP contribution in [-0.4, -0.2) is 28.2 Å². The molecule has 2 atom stereocenters. The van der Waals surface area contributed by atoms with E-state index in [-0.39, 0.29) is 12.0 Å². The largest absolute Gasteiger partial charge is 0.397 e. The predicted molar refractivity (Wildman–Crippen MR) is 74.8 cm³/mol. The molecular weight excluding hydrogens is 242 g/mol. The number of aliphatic hydroxyl groups excluding tert-OH is 1. The number of nitrogens with one attached hydrogen (secondary N) is 1. The van der Waals surface area contributed by atoms with Gasteiger partial charge in [0.25, 0.3) is 5.91 Å². The topological polar surface area (TPSA) is 80.3 Å². The van der Waals surface area contributed by atoms with Gasteiger partial charge in [-0.15, -0.1) is 0 Å². The molecule has 2 unspecified atom stereocenters. The first kappa shape index (κ1) is 13.9. The van der Waals surface area contributed by atoms with E-state index in [4.69, 9.17) is 5.73 Å². The van der Waals surface area contributed by atoms with Crippen molar-refractivity contribution in [3.05, 3.63) is 18.0 Å². The Labute approximate surface area is 113 Å². The summed E-state index contributed by atoms with van der Waals surface area (Å²) in [5.74, 6) is 0.317. The highest BCUT2D eigenvalue weighted by atomic mass is 16.3. The lowest BCUT2D eigenvalue weighted by Crippen LogP contribution is -2.30. The Kier molecular flexibility index (Phi) is 4.47. The molecule has 0 aromatic carbocycles. The van der Waals surface area contributed by atoms with E-state index < -0.39 is 0 Å². The van der Waals surface area contributed by atoms with Crippen molar-refractivity contribution in [2.24, 2.45) is 5.92 Å². The van der Waals surface area contributed by atoms with Crippen LogP contribution in [0.25, 0.3) is 0 Å². The maximum atomic E-state index is 12.1. The number of rotatable bonds is 5. The van der Waals surface area contributed by atoms with Crippen LogP contribution in [0.3, 0.4) is 0 Å². The van der Waals surface area contributed by atoms with Gasteiger partial charge in [-0.3, -0.25) is 4.79 Å². The number of carbonyl (C=O) groups is 1. The molecule has 5 heteroatoms. The van der Waals surface area contributed by atoms with Gasteiger partial charge in [-0.2, -0.15) is 0 Å². The highest BCUT2D eigenvalue weighted by Gasteiger charge is 2.23. The van der Waals surface area contributed by atoms with Crippen LogP contribution < -0.4 is 11.1 Å². The second-order valence-corrected chi connectivity index (χ2v) is 5.39. The van der Waals surface area contributed by atoms with E-state index in [2.05, 4.69) is 12.2 Å². The summed E-state index contributed by atoms with van der Waals surface area (Å²) in [4.78, 5) is 12.1. The molecule has 19 heavy (non-hydrogen) atoms. The molecule has 2 rings (SSSR count). The third-order valence-corrected chi connectivity index (χ3v) is 3.68. The molecule has 5 nitrogen and oxygen atoms in total. The number of aromatic nitrogens is 1. The molecule has 1 aliphatic carbocycles. The van der Waals surface area contributed by atoms with Gasteiger partial charge in [0, 0.05) is 19.3 Å². The fourth-order valence-corrected chi connectivity index (χ4v) is 2.71. The molecule has 1 saturated carbocycles. The van der Waals surface area contributed by atoms with Crippen molar-refractivity contribution in [1.29, 1.82) is 0 Å². The molecule has 0 spiro atoms. The maximum absolute atomic E-state index is 12.1. The van der Waals surface area contributed by atoms with Crippen LogP contribution in [-0.2, 0) is 6.54 Å². The van der Waals surface area contributed by atoms with Crippen molar-refractivity contribution in [2.45, 2.75) is 45.3 Å². The number of hydrogen-bond acceptors (Lipinski definition) is 3. The first-order valence-electron chi connectivity index (χ1n) is 7.02. The molecule has 1 aromatic heterocycles. The van der Waals surface area contributed by atoms with Crippen LogP contribution in [0.5, 0.6) is 0 Å². The van der Waals surface area contributed by atoms with Gasteiger partial charge >= 0.3 is 0 Å². The second kappa shape index (κ2) is 6.10. The lowest BCUT2D eigenvalue weighted by atomic mass is 10.1. The van der Waals surface area contributed by atoms with E-state index in [1.807, 2.05) is 4.57 Å². The summed E-state index contributed by atoms with van der Waals surface area (Å²) in [7, 11) is 0. The number of anilines is 1. The molecule has 0 aliphatic heterocycles. The smallest absolute Gasteiger partial charge is 0.267 e. The summed E-state index contributed by atoms with van der Waals surface area (Å²) in [6.07, 6.45) is 5.19. The van der Waals surface area contributed by atoms with Crippen molar-refractivity contribution in [2.75, 3.05) is 12.3 Å². The van der Waals surface area contributed by atoms with Crippen molar-refractivity contribution in [3.8, 4) is 0 Å². The number of aryl methyl sites for hydroxylation is 1. The monoisotopic (exact) mass is 265 g/mol. The van der Waals surface area contributed by atoms with Gasteiger partial charge in [0.15, 0.2) is 0 Å². The molecular formula is C14H23N3O2. The average molecular weight is 265 g/mol. The molecule has 0 bridgehead atoms. The number of nitrogens with two attached hydrogens (primary N) is 1. The normalized spacial score (nSPS) is 22.6. The number of nitrogen functional groups attached to an aromatic ring is 1. The Morgan fingerprint density at radius 1 is 1.58 bits per heavy atom. The van der Waals surface area contributed by atoms with E-state index in [0.717, 1.165) is 32.2 Å². The molecule has 1 amide bonds. The van der Waals surface area contributed by atoms with Crippen molar-refractivity contribution in [3.63, 3.8) is 0 Å². The fraction of sp³-hybridized carbons (Fsp3) is 0.643. The molecule has 1 heterocycles. The van der Waals surface area contributed by atoms with Crippen LogP contribution in [0.2, 0.25) is 0 Å². The van der Waals surface area contributed by atoms with Gasteiger partial charge in [0.05, 0.1) is 11.8 Å². The van der Waals surface area contributed by atoms with Gasteiger partial charge in [0.1, 0.15) is 5.69 Å². The summed E-state index contributed by atoms with van der Waals surface area (Å²) < 4.78 is 1.90. The summed E-state index contributed by atoms with van der Waals surface area (Å²) in [6, 6.07) is 1.72. The van der Waals surface area contributed by atoms with Crippen LogP contribution in [0.4, 0.5) is 5.69 Å². The van der Waals surface area contributed by atoms with Crippen molar-refractivity contribution < 1.29 is 9.90 Å². The SMILES string of the molecule is CCCn1cc(N)cc1C(=O)NCC1CCC(O)C1. The number of carbonyl (C=O) groups excluding carboxylic acids is 1. The number of hydrogen-bond donors (Lipinski definition) is 3. The fourth-order valence-electron chi connectivity index (χ4n) is 2.71. The molecule has 1 fully saturated rings. The quantitative estimate of drug-likeness (QED) is 0.752. The third kappa shape index (κ3) is 3.50. The predicted octanol–water partition coefficient (Wildman–Crippen LogP) is 1.37. The Morgan fingerprint density at radius 2 is 2.37 bits per heavy atom. The molecule has 0 saturated heterocycles. The molecule has 1 aliphatic rings. The molecule has 4 N–H and O–H groups in total. The Hall–Kier alpha value is -1.49. The standard InChI is InChI=1S/C14H23N3O2/c1-2-5-17-9-11(15)7-13(17)14(19)16-8-10-3-4-12(18)6-10/h7,9-10,12,18H,2-6,8,15H2,1H3,(H,16,19). The summed E-state index contributed by atoms with van der Waals surface area (Å²) in [6.45, 7) is 3.49.